The largest absolute Gasteiger partial charge is 0.508 e. The van der Waals surface area contributed by atoms with Crippen LogP contribution in [0.1, 0.15) is 34.9 Å². The van der Waals surface area contributed by atoms with E-state index in [4.69, 9.17) is 10.2 Å². The van der Waals surface area contributed by atoms with Gasteiger partial charge in [-0.2, -0.15) is 17.0 Å². The first-order valence-corrected chi connectivity index (χ1v) is 12.9. The van der Waals surface area contributed by atoms with Crippen molar-refractivity contribution in [2.45, 2.75) is 30.6 Å². The van der Waals surface area contributed by atoms with Crippen LogP contribution in [0.15, 0.2) is 77.2 Å². The van der Waals surface area contributed by atoms with Gasteiger partial charge in [0.25, 0.3) is 0 Å². The molecule has 0 aliphatic rings. The number of fused-ring (bicyclic) bond motifs is 1. The molecular weight excluding hydrogens is 508 g/mol. The predicted molar refractivity (Wildman–Crippen MR) is 149 cm³/mol. The van der Waals surface area contributed by atoms with Gasteiger partial charge in [0.15, 0.2) is 11.5 Å². The quantitative estimate of drug-likeness (QED) is 0.248. The van der Waals surface area contributed by atoms with Gasteiger partial charge < -0.3 is 20.6 Å². The number of nitrogens with zero attached hydrogens (tertiary/aromatic N) is 2. The number of carbonyl (C=O) groups is 1. The van der Waals surface area contributed by atoms with Crippen LogP contribution in [0.4, 0.5) is 0 Å². The standard InChI is InChI=1S/C28H28N4O3S.ClH/c29-15-20-8-1-2-9-22(20)17-36-18-23(30)27(34)31-16-21(14-13-19-7-3-5-11-25(19)33)28-32-24-10-4-6-12-26(24)35-28;/h1-12,21,23,33H,13-14,16-18,30H2,(H,31,34);1H. The first-order valence-electron chi connectivity index (χ1n) is 11.8. The van der Waals surface area contributed by atoms with Gasteiger partial charge in [-0.05, 0) is 48.2 Å². The van der Waals surface area contributed by atoms with Crippen molar-refractivity contribution in [1.29, 1.82) is 5.26 Å². The van der Waals surface area contributed by atoms with Crippen LogP contribution in [-0.4, -0.2) is 34.3 Å². The molecule has 0 saturated carbocycles. The van der Waals surface area contributed by atoms with Crippen molar-refractivity contribution < 1.29 is 14.3 Å². The maximum absolute atomic E-state index is 12.8. The van der Waals surface area contributed by atoms with Crippen molar-refractivity contribution in [3.05, 3.63) is 95.4 Å². The average Bonchev–Trinajstić information content (AvgIpc) is 3.33. The summed E-state index contributed by atoms with van der Waals surface area (Å²) in [6.07, 6.45) is 1.23. The summed E-state index contributed by atoms with van der Waals surface area (Å²) < 4.78 is 5.99. The second-order valence-corrected chi connectivity index (χ2v) is 9.55. The highest BCUT2D eigenvalue weighted by Crippen LogP contribution is 2.27. The molecule has 9 heteroatoms. The highest BCUT2D eigenvalue weighted by atomic mass is 35.5. The smallest absolute Gasteiger partial charge is 0.237 e. The molecule has 0 bridgehead atoms. The van der Waals surface area contributed by atoms with E-state index < -0.39 is 6.04 Å². The summed E-state index contributed by atoms with van der Waals surface area (Å²) in [6.45, 7) is 0.314. The van der Waals surface area contributed by atoms with E-state index in [0.717, 1.165) is 16.6 Å². The highest BCUT2D eigenvalue weighted by molar-refractivity contribution is 7.98. The van der Waals surface area contributed by atoms with Gasteiger partial charge in [-0.15, -0.1) is 12.4 Å². The Morgan fingerprint density at radius 2 is 1.78 bits per heavy atom. The minimum Gasteiger partial charge on any atom is -0.508 e. The lowest BCUT2D eigenvalue weighted by Crippen LogP contribution is -2.43. The number of hydrogen-bond donors (Lipinski definition) is 3. The van der Waals surface area contributed by atoms with Crippen molar-refractivity contribution in [3.8, 4) is 11.8 Å². The Hall–Kier alpha value is -3.51. The van der Waals surface area contributed by atoms with Gasteiger partial charge in [-0.25, -0.2) is 4.98 Å². The van der Waals surface area contributed by atoms with Gasteiger partial charge in [-0.1, -0.05) is 48.5 Å². The summed E-state index contributed by atoms with van der Waals surface area (Å²) in [4.78, 5) is 17.4. The lowest BCUT2D eigenvalue weighted by Gasteiger charge is -2.17. The zero-order chi connectivity index (χ0) is 25.3. The van der Waals surface area contributed by atoms with Crippen LogP contribution < -0.4 is 11.1 Å². The number of thioether (sulfide) groups is 1. The van der Waals surface area contributed by atoms with Crippen molar-refractivity contribution in [3.63, 3.8) is 0 Å². The molecule has 0 aliphatic carbocycles. The summed E-state index contributed by atoms with van der Waals surface area (Å²) in [7, 11) is 0. The van der Waals surface area contributed by atoms with Crippen LogP contribution in [0.5, 0.6) is 5.75 Å². The third-order valence-electron chi connectivity index (χ3n) is 5.97. The molecule has 1 aromatic heterocycles. The van der Waals surface area contributed by atoms with Gasteiger partial charge in [0.05, 0.1) is 23.6 Å². The Morgan fingerprint density at radius 3 is 2.54 bits per heavy atom. The number of amides is 1. The molecule has 0 fully saturated rings. The number of para-hydroxylation sites is 3. The SMILES string of the molecule is Cl.N#Cc1ccccc1CSCC(N)C(=O)NCC(CCc1ccccc1O)c1nc2ccccc2o1. The van der Waals surface area contributed by atoms with Crippen molar-refractivity contribution in [2.75, 3.05) is 12.3 Å². The van der Waals surface area contributed by atoms with E-state index in [1.807, 2.05) is 54.6 Å². The predicted octanol–water partition coefficient (Wildman–Crippen LogP) is 4.92. The number of oxazole rings is 1. The van der Waals surface area contributed by atoms with E-state index in [2.05, 4.69) is 16.4 Å². The summed E-state index contributed by atoms with van der Waals surface area (Å²) >= 11 is 1.52. The molecular formula is C28H29ClN4O3S. The summed E-state index contributed by atoms with van der Waals surface area (Å²) in [5, 5.41) is 22.3. The fourth-order valence-electron chi connectivity index (χ4n) is 3.91. The Bertz CT molecular complexity index is 1340. The first-order chi connectivity index (χ1) is 17.5. The second kappa shape index (κ2) is 13.7. The number of nitriles is 1. The highest BCUT2D eigenvalue weighted by Gasteiger charge is 2.22. The Kier molecular flexibility index (Phi) is 10.4. The van der Waals surface area contributed by atoms with E-state index in [1.54, 1.807) is 18.2 Å². The van der Waals surface area contributed by atoms with Gasteiger partial charge in [0.2, 0.25) is 5.91 Å². The monoisotopic (exact) mass is 536 g/mol. The Balaban J connectivity index is 0.00000380. The number of benzene rings is 3. The molecule has 192 valence electrons. The molecule has 4 N–H and O–H groups in total. The van der Waals surface area contributed by atoms with E-state index in [0.29, 0.717) is 47.9 Å². The molecule has 7 nitrogen and oxygen atoms in total. The van der Waals surface area contributed by atoms with Crippen LogP contribution >= 0.6 is 24.2 Å². The third kappa shape index (κ3) is 7.49. The number of phenols is 1. The summed E-state index contributed by atoms with van der Waals surface area (Å²) in [6, 6.07) is 23.7. The van der Waals surface area contributed by atoms with Crippen LogP contribution in [0.3, 0.4) is 0 Å². The number of phenolic OH excluding ortho intramolecular Hbond substituents is 1. The van der Waals surface area contributed by atoms with Crippen LogP contribution in [0.25, 0.3) is 11.1 Å². The lowest BCUT2D eigenvalue weighted by atomic mass is 9.98. The Labute approximate surface area is 226 Å². The van der Waals surface area contributed by atoms with Gasteiger partial charge in [0, 0.05) is 18.1 Å². The Morgan fingerprint density at radius 1 is 1.08 bits per heavy atom. The van der Waals surface area contributed by atoms with Crippen LogP contribution in [0.2, 0.25) is 0 Å². The third-order valence-corrected chi connectivity index (χ3v) is 7.08. The number of aryl methyl sites for hydroxylation is 1. The number of aromatic hydroxyl groups is 1. The summed E-state index contributed by atoms with van der Waals surface area (Å²) in [5.74, 6) is 1.38. The minimum atomic E-state index is -0.688. The van der Waals surface area contributed by atoms with Crippen molar-refractivity contribution in [1.82, 2.24) is 10.3 Å². The lowest BCUT2D eigenvalue weighted by molar-refractivity contribution is -0.121. The molecule has 4 aromatic rings. The number of nitrogens with two attached hydrogens (primary N) is 1. The van der Waals surface area contributed by atoms with Gasteiger partial charge >= 0.3 is 0 Å². The molecule has 0 saturated heterocycles. The summed E-state index contributed by atoms with van der Waals surface area (Å²) in [5.41, 5.74) is 10.00. The maximum Gasteiger partial charge on any atom is 0.237 e. The molecule has 3 aromatic carbocycles. The van der Waals surface area contributed by atoms with E-state index in [9.17, 15) is 15.2 Å². The molecule has 1 heterocycles. The zero-order valence-electron chi connectivity index (χ0n) is 20.2. The number of rotatable bonds is 11. The normalized spacial score (nSPS) is 12.3. The van der Waals surface area contributed by atoms with Crippen LogP contribution in [0, 0.1) is 11.3 Å². The molecule has 2 atom stereocenters. The van der Waals surface area contributed by atoms with Crippen molar-refractivity contribution in [2.24, 2.45) is 5.73 Å². The van der Waals surface area contributed by atoms with Crippen molar-refractivity contribution >= 4 is 41.2 Å². The van der Waals surface area contributed by atoms with E-state index >= 15 is 0 Å². The van der Waals surface area contributed by atoms with E-state index in [1.165, 1.54) is 11.8 Å². The maximum atomic E-state index is 12.8. The number of hydrogen-bond acceptors (Lipinski definition) is 7. The minimum absolute atomic E-state index is 0. The molecule has 1 amide bonds. The second-order valence-electron chi connectivity index (χ2n) is 8.52. The topological polar surface area (TPSA) is 125 Å². The molecule has 0 radical (unpaired) electrons. The number of nitrogens with one attached hydrogen (secondary N) is 1. The number of halogens is 1. The number of carbonyl (C=O) groups excluding carboxylic acids is 1. The number of aromatic nitrogens is 1. The first kappa shape index (κ1) is 28.1. The van der Waals surface area contributed by atoms with E-state index in [-0.39, 0.29) is 30.0 Å². The molecule has 0 aliphatic heterocycles. The van der Waals surface area contributed by atoms with Crippen LogP contribution in [-0.2, 0) is 17.0 Å². The molecule has 2 unspecified atom stereocenters. The molecule has 0 spiro atoms. The molecule has 4 rings (SSSR count). The van der Waals surface area contributed by atoms with Gasteiger partial charge in [0.1, 0.15) is 11.3 Å². The molecule has 37 heavy (non-hydrogen) atoms. The van der Waals surface area contributed by atoms with Gasteiger partial charge in [-0.3, -0.25) is 4.79 Å². The zero-order valence-corrected chi connectivity index (χ0v) is 21.8. The fraction of sp³-hybridized carbons (Fsp3) is 0.250. The fourth-order valence-corrected chi connectivity index (χ4v) is 4.91. The average molecular weight is 537 g/mol.